The standard InChI is InChI=1S/C19H19N5O2/c1-4-17-22-23-19-18(21-13-7-5-6-8-14(13)24(17)19)20-12-9-10-15(25-2)16(11-12)26-3/h5-11H,4H2,1-3H3,(H,20,21). The zero-order chi connectivity index (χ0) is 18.1. The maximum atomic E-state index is 5.38. The number of hydrogen-bond acceptors (Lipinski definition) is 6. The van der Waals surface area contributed by atoms with Crippen molar-refractivity contribution < 1.29 is 9.47 Å². The fraction of sp³-hybridized carbons (Fsp3) is 0.211. The Morgan fingerprint density at radius 3 is 2.58 bits per heavy atom. The molecule has 0 atom stereocenters. The second kappa shape index (κ2) is 6.51. The van der Waals surface area contributed by atoms with Gasteiger partial charge in [0.05, 0.1) is 25.3 Å². The first kappa shape index (κ1) is 16.1. The van der Waals surface area contributed by atoms with Crippen LogP contribution >= 0.6 is 0 Å². The van der Waals surface area contributed by atoms with Gasteiger partial charge < -0.3 is 14.8 Å². The molecule has 26 heavy (non-hydrogen) atoms. The van der Waals surface area contributed by atoms with Crippen molar-refractivity contribution in [2.24, 2.45) is 0 Å². The number of benzene rings is 2. The highest BCUT2D eigenvalue weighted by Gasteiger charge is 2.15. The summed E-state index contributed by atoms with van der Waals surface area (Å²) in [6, 6.07) is 13.6. The number of methoxy groups -OCH3 is 2. The topological polar surface area (TPSA) is 73.6 Å². The molecule has 4 rings (SSSR count). The van der Waals surface area contributed by atoms with Crippen molar-refractivity contribution in [2.75, 3.05) is 19.5 Å². The van der Waals surface area contributed by atoms with E-state index in [1.165, 1.54) is 0 Å². The van der Waals surface area contributed by atoms with Gasteiger partial charge in [-0.25, -0.2) is 4.98 Å². The van der Waals surface area contributed by atoms with Gasteiger partial charge in [0.15, 0.2) is 17.3 Å². The number of nitrogens with one attached hydrogen (secondary N) is 1. The third-order valence-electron chi connectivity index (χ3n) is 4.26. The highest BCUT2D eigenvalue weighted by atomic mass is 16.5. The van der Waals surface area contributed by atoms with E-state index in [0.717, 1.165) is 29.0 Å². The van der Waals surface area contributed by atoms with Gasteiger partial charge in [0.2, 0.25) is 5.65 Å². The summed E-state index contributed by atoms with van der Waals surface area (Å²) in [6.07, 6.45) is 0.783. The van der Waals surface area contributed by atoms with Gasteiger partial charge in [0.25, 0.3) is 0 Å². The van der Waals surface area contributed by atoms with E-state index >= 15 is 0 Å². The fourth-order valence-corrected chi connectivity index (χ4v) is 3.00. The molecule has 0 unspecified atom stereocenters. The Hall–Kier alpha value is -3.35. The zero-order valence-corrected chi connectivity index (χ0v) is 14.9. The predicted molar refractivity (Wildman–Crippen MR) is 100 cm³/mol. The number of para-hydroxylation sites is 2. The lowest BCUT2D eigenvalue weighted by Gasteiger charge is -2.12. The van der Waals surface area contributed by atoms with Crippen LogP contribution in [0.1, 0.15) is 12.7 Å². The molecule has 2 heterocycles. The first-order valence-corrected chi connectivity index (χ1v) is 8.37. The van der Waals surface area contributed by atoms with Gasteiger partial charge in [-0.15, -0.1) is 10.2 Å². The Bertz CT molecular complexity index is 1090. The fourth-order valence-electron chi connectivity index (χ4n) is 3.00. The average Bonchev–Trinajstić information content (AvgIpc) is 3.13. The minimum atomic E-state index is 0.642. The van der Waals surface area contributed by atoms with E-state index in [4.69, 9.17) is 14.5 Å². The number of aromatic nitrogens is 4. The second-order valence-electron chi connectivity index (χ2n) is 5.77. The van der Waals surface area contributed by atoms with Crippen molar-refractivity contribution in [3.8, 4) is 11.5 Å². The molecule has 7 nitrogen and oxygen atoms in total. The molecule has 0 saturated heterocycles. The molecule has 2 aromatic heterocycles. The lowest BCUT2D eigenvalue weighted by molar-refractivity contribution is 0.355. The maximum Gasteiger partial charge on any atom is 0.204 e. The summed E-state index contributed by atoms with van der Waals surface area (Å²) >= 11 is 0. The normalized spacial score (nSPS) is 11.0. The van der Waals surface area contributed by atoms with Crippen molar-refractivity contribution in [1.29, 1.82) is 0 Å². The molecule has 132 valence electrons. The quantitative estimate of drug-likeness (QED) is 0.593. The number of aryl methyl sites for hydroxylation is 1. The molecule has 0 fully saturated rings. The molecule has 1 N–H and O–H groups in total. The van der Waals surface area contributed by atoms with Gasteiger partial charge in [-0.2, -0.15) is 0 Å². The van der Waals surface area contributed by atoms with Crippen LogP contribution in [0.4, 0.5) is 11.5 Å². The average molecular weight is 349 g/mol. The summed E-state index contributed by atoms with van der Waals surface area (Å²) < 4.78 is 12.7. The highest BCUT2D eigenvalue weighted by Crippen LogP contribution is 2.32. The molecule has 0 spiro atoms. The Morgan fingerprint density at radius 2 is 1.81 bits per heavy atom. The van der Waals surface area contributed by atoms with E-state index in [9.17, 15) is 0 Å². The highest BCUT2D eigenvalue weighted by molar-refractivity contribution is 5.84. The van der Waals surface area contributed by atoms with E-state index in [2.05, 4.69) is 22.4 Å². The van der Waals surface area contributed by atoms with Crippen LogP contribution in [0.3, 0.4) is 0 Å². The van der Waals surface area contributed by atoms with Crippen molar-refractivity contribution in [3.63, 3.8) is 0 Å². The number of hydrogen-bond donors (Lipinski definition) is 1. The van der Waals surface area contributed by atoms with Gasteiger partial charge in [0.1, 0.15) is 5.82 Å². The molecule has 0 aliphatic carbocycles. The van der Waals surface area contributed by atoms with Crippen LogP contribution in [0, 0.1) is 0 Å². The first-order chi connectivity index (χ1) is 12.7. The molecule has 0 saturated carbocycles. The third-order valence-corrected chi connectivity index (χ3v) is 4.26. The van der Waals surface area contributed by atoms with Crippen LogP contribution in [-0.2, 0) is 6.42 Å². The summed E-state index contributed by atoms with van der Waals surface area (Å²) in [6.45, 7) is 2.06. The maximum absolute atomic E-state index is 5.38. The van der Waals surface area contributed by atoms with E-state index in [0.29, 0.717) is 23.0 Å². The summed E-state index contributed by atoms with van der Waals surface area (Å²) in [5, 5.41) is 12.0. The first-order valence-electron chi connectivity index (χ1n) is 8.37. The van der Waals surface area contributed by atoms with Gasteiger partial charge >= 0.3 is 0 Å². The van der Waals surface area contributed by atoms with Crippen molar-refractivity contribution in [2.45, 2.75) is 13.3 Å². The Morgan fingerprint density at radius 1 is 1.00 bits per heavy atom. The van der Waals surface area contributed by atoms with Crippen molar-refractivity contribution in [1.82, 2.24) is 19.6 Å². The lowest BCUT2D eigenvalue weighted by Crippen LogP contribution is -2.02. The van der Waals surface area contributed by atoms with E-state index in [1.807, 2.05) is 46.9 Å². The second-order valence-corrected chi connectivity index (χ2v) is 5.77. The molecule has 2 aromatic carbocycles. The summed E-state index contributed by atoms with van der Waals surface area (Å²) in [5.74, 6) is 2.85. The van der Waals surface area contributed by atoms with Crippen LogP contribution in [0.5, 0.6) is 11.5 Å². The predicted octanol–water partition coefficient (Wildman–Crippen LogP) is 3.60. The largest absolute Gasteiger partial charge is 0.493 e. The molecule has 7 heteroatoms. The number of anilines is 2. The minimum absolute atomic E-state index is 0.642. The van der Waals surface area contributed by atoms with Gasteiger partial charge in [0, 0.05) is 18.2 Å². The Balaban J connectivity index is 1.87. The summed E-state index contributed by atoms with van der Waals surface area (Å²) in [4.78, 5) is 4.74. The smallest absolute Gasteiger partial charge is 0.204 e. The van der Waals surface area contributed by atoms with Crippen LogP contribution in [0.15, 0.2) is 42.5 Å². The Labute approximate surface area is 150 Å². The van der Waals surface area contributed by atoms with Gasteiger partial charge in [-0.05, 0) is 24.3 Å². The lowest BCUT2D eigenvalue weighted by atomic mass is 10.2. The van der Waals surface area contributed by atoms with Crippen LogP contribution in [-0.4, -0.2) is 33.8 Å². The molecular weight excluding hydrogens is 330 g/mol. The van der Waals surface area contributed by atoms with Crippen molar-refractivity contribution >= 4 is 28.2 Å². The molecule has 0 radical (unpaired) electrons. The molecule has 4 aromatic rings. The molecule has 0 aliphatic rings. The number of ether oxygens (including phenoxy) is 2. The molecule has 0 aliphatic heterocycles. The zero-order valence-electron chi connectivity index (χ0n) is 14.9. The van der Waals surface area contributed by atoms with Gasteiger partial charge in [-0.1, -0.05) is 19.1 Å². The van der Waals surface area contributed by atoms with Crippen LogP contribution in [0.2, 0.25) is 0 Å². The van der Waals surface area contributed by atoms with E-state index in [1.54, 1.807) is 14.2 Å². The van der Waals surface area contributed by atoms with Crippen LogP contribution in [0.25, 0.3) is 16.7 Å². The van der Waals surface area contributed by atoms with E-state index < -0.39 is 0 Å². The number of nitrogens with zero attached hydrogens (tertiary/aromatic N) is 4. The monoisotopic (exact) mass is 349 g/mol. The third kappa shape index (κ3) is 2.57. The SMILES string of the molecule is CCc1nnc2c(Nc3ccc(OC)c(OC)c3)nc3ccccc3n12. The van der Waals surface area contributed by atoms with Gasteiger partial charge in [-0.3, -0.25) is 4.40 Å². The van der Waals surface area contributed by atoms with Crippen LogP contribution < -0.4 is 14.8 Å². The summed E-state index contributed by atoms with van der Waals surface area (Å²) in [5.41, 5.74) is 3.38. The minimum Gasteiger partial charge on any atom is -0.493 e. The van der Waals surface area contributed by atoms with Crippen molar-refractivity contribution in [3.05, 3.63) is 48.3 Å². The number of fused-ring (bicyclic) bond motifs is 3. The molecule has 0 amide bonds. The molecular formula is C19H19N5O2. The Kier molecular flexibility index (Phi) is 4.04. The summed E-state index contributed by atoms with van der Waals surface area (Å²) in [7, 11) is 3.22. The molecule has 0 bridgehead atoms. The van der Waals surface area contributed by atoms with E-state index in [-0.39, 0.29) is 0 Å². The number of rotatable bonds is 5.